The molecular formula is C16H28N2. The maximum absolute atomic E-state index is 3.18. The van der Waals surface area contributed by atoms with Crippen LogP contribution in [-0.4, -0.2) is 32.1 Å². The second-order valence-corrected chi connectivity index (χ2v) is 6.40. The van der Waals surface area contributed by atoms with Gasteiger partial charge in [-0.15, -0.1) is 0 Å². The van der Waals surface area contributed by atoms with E-state index in [2.05, 4.69) is 62.3 Å². The first-order valence-electron chi connectivity index (χ1n) is 6.82. The van der Waals surface area contributed by atoms with Crippen molar-refractivity contribution in [3.8, 4) is 0 Å². The maximum Gasteiger partial charge on any atom is 0.0230 e. The molecule has 1 aromatic carbocycles. The molecule has 0 radical (unpaired) electrons. The smallest absolute Gasteiger partial charge is 0.0230 e. The number of hydrogen-bond donors (Lipinski definition) is 1. The lowest BCUT2D eigenvalue weighted by atomic mass is 9.96. The molecule has 2 nitrogen and oxygen atoms in total. The first-order valence-corrected chi connectivity index (χ1v) is 6.82. The highest BCUT2D eigenvalue weighted by atomic mass is 15.1. The molecule has 0 fully saturated rings. The Morgan fingerprint density at radius 1 is 1.06 bits per heavy atom. The lowest BCUT2D eigenvalue weighted by Gasteiger charge is -2.26. The molecule has 2 heteroatoms. The molecule has 0 aliphatic heterocycles. The molecule has 0 spiro atoms. The van der Waals surface area contributed by atoms with Gasteiger partial charge in [-0.3, -0.25) is 0 Å². The lowest BCUT2D eigenvalue weighted by molar-refractivity contribution is 0.221. The first kappa shape index (κ1) is 15.2. The molecule has 0 aliphatic rings. The minimum Gasteiger partial charge on any atom is -0.319 e. The largest absolute Gasteiger partial charge is 0.319 e. The summed E-state index contributed by atoms with van der Waals surface area (Å²) in [6, 6.07) is 9.00. The average Bonchev–Trinajstić information content (AvgIpc) is 2.25. The Kier molecular flexibility index (Phi) is 5.83. The summed E-state index contributed by atoms with van der Waals surface area (Å²) in [6.07, 6.45) is 1.11. The van der Waals surface area contributed by atoms with Crippen molar-refractivity contribution in [3.63, 3.8) is 0 Å². The molecule has 0 atom stereocenters. The summed E-state index contributed by atoms with van der Waals surface area (Å²) >= 11 is 0. The molecule has 0 aliphatic carbocycles. The standard InChI is InChI=1S/C16H28N2/c1-16(2,3)13-18(5)12-15-8-6-14(7-9-15)10-11-17-4/h6-9,17H,10-13H2,1-5H3. The number of benzene rings is 1. The Balaban J connectivity index is 2.48. The highest BCUT2D eigenvalue weighted by Gasteiger charge is 2.13. The molecule has 0 amide bonds. The summed E-state index contributed by atoms with van der Waals surface area (Å²) in [7, 11) is 4.19. The van der Waals surface area contributed by atoms with Gasteiger partial charge in [0.05, 0.1) is 0 Å². The summed E-state index contributed by atoms with van der Waals surface area (Å²) in [5.41, 5.74) is 3.17. The summed E-state index contributed by atoms with van der Waals surface area (Å²) < 4.78 is 0. The van der Waals surface area contributed by atoms with Crippen molar-refractivity contribution in [3.05, 3.63) is 35.4 Å². The highest BCUT2D eigenvalue weighted by molar-refractivity contribution is 5.22. The molecule has 0 bridgehead atoms. The van der Waals surface area contributed by atoms with Gasteiger partial charge >= 0.3 is 0 Å². The second-order valence-electron chi connectivity index (χ2n) is 6.40. The Morgan fingerprint density at radius 3 is 2.11 bits per heavy atom. The van der Waals surface area contributed by atoms with Crippen molar-refractivity contribution in [1.82, 2.24) is 10.2 Å². The average molecular weight is 248 g/mol. The molecule has 18 heavy (non-hydrogen) atoms. The Hall–Kier alpha value is -0.860. The van der Waals surface area contributed by atoms with Gasteiger partial charge in [0, 0.05) is 13.1 Å². The zero-order valence-corrected chi connectivity index (χ0v) is 12.6. The number of likely N-dealkylation sites (N-methyl/N-ethyl adjacent to an activating group) is 1. The fourth-order valence-corrected chi connectivity index (χ4v) is 2.26. The van der Waals surface area contributed by atoms with Gasteiger partial charge in [-0.2, -0.15) is 0 Å². The van der Waals surface area contributed by atoms with Crippen molar-refractivity contribution >= 4 is 0 Å². The molecule has 0 saturated heterocycles. The van der Waals surface area contributed by atoms with E-state index in [4.69, 9.17) is 0 Å². The van der Waals surface area contributed by atoms with Crippen LogP contribution in [0.15, 0.2) is 24.3 Å². The predicted octanol–water partition coefficient (Wildman–Crippen LogP) is 2.93. The van der Waals surface area contributed by atoms with E-state index in [0.29, 0.717) is 5.41 Å². The zero-order chi connectivity index (χ0) is 13.6. The summed E-state index contributed by atoms with van der Waals surface area (Å²) in [4.78, 5) is 2.39. The van der Waals surface area contributed by atoms with Crippen LogP contribution < -0.4 is 5.32 Å². The Labute approximate surface area is 112 Å². The maximum atomic E-state index is 3.18. The van der Waals surface area contributed by atoms with Gasteiger partial charge in [0.2, 0.25) is 0 Å². The van der Waals surface area contributed by atoms with Crippen LogP contribution >= 0.6 is 0 Å². The van der Waals surface area contributed by atoms with Crippen molar-refractivity contribution < 1.29 is 0 Å². The van der Waals surface area contributed by atoms with E-state index in [-0.39, 0.29) is 0 Å². The van der Waals surface area contributed by atoms with E-state index < -0.39 is 0 Å². The van der Waals surface area contributed by atoms with Crippen LogP contribution in [0.25, 0.3) is 0 Å². The third-order valence-corrected chi connectivity index (χ3v) is 2.88. The summed E-state index contributed by atoms with van der Waals surface area (Å²) in [5.74, 6) is 0. The zero-order valence-electron chi connectivity index (χ0n) is 12.6. The van der Waals surface area contributed by atoms with E-state index in [1.807, 2.05) is 7.05 Å². The lowest BCUT2D eigenvalue weighted by Crippen LogP contribution is -2.28. The van der Waals surface area contributed by atoms with Gasteiger partial charge in [0.25, 0.3) is 0 Å². The van der Waals surface area contributed by atoms with Gasteiger partial charge in [-0.25, -0.2) is 0 Å². The highest BCUT2D eigenvalue weighted by Crippen LogP contribution is 2.16. The normalized spacial score (nSPS) is 12.1. The van der Waals surface area contributed by atoms with E-state index in [1.165, 1.54) is 11.1 Å². The van der Waals surface area contributed by atoms with Crippen LogP contribution in [-0.2, 0) is 13.0 Å². The number of nitrogens with zero attached hydrogens (tertiary/aromatic N) is 1. The van der Waals surface area contributed by atoms with Crippen LogP contribution in [0, 0.1) is 5.41 Å². The molecular weight excluding hydrogens is 220 g/mol. The van der Waals surface area contributed by atoms with Crippen LogP contribution in [0.1, 0.15) is 31.9 Å². The van der Waals surface area contributed by atoms with Gasteiger partial charge in [-0.05, 0) is 43.6 Å². The SMILES string of the molecule is CNCCc1ccc(CN(C)CC(C)(C)C)cc1. The second kappa shape index (κ2) is 6.91. The molecule has 0 unspecified atom stereocenters. The van der Waals surface area contributed by atoms with Crippen LogP contribution in [0.4, 0.5) is 0 Å². The number of nitrogens with one attached hydrogen (secondary N) is 1. The fourth-order valence-electron chi connectivity index (χ4n) is 2.26. The molecule has 0 aromatic heterocycles. The molecule has 1 N–H and O–H groups in total. The Morgan fingerprint density at radius 2 is 1.61 bits per heavy atom. The van der Waals surface area contributed by atoms with E-state index in [9.17, 15) is 0 Å². The van der Waals surface area contributed by atoms with Crippen molar-refractivity contribution in [1.29, 1.82) is 0 Å². The van der Waals surface area contributed by atoms with E-state index >= 15 is 0 Å². The fraction of sp³-hybridized carbons (Fsp3) is 0.625. The van der Waals surface area contributed by atoms with Gasteiger partial charge < -0.3 is 10.2 Å². The topological polar surface area (TPSA) is 15.3 Å². The summed E-state index contributed by atoms with van der Waals surface area (Å²) in [5, 5.41) is 3.18. The molecule has 1 aromatic rings. The predicted molar refractivity (Wildman–Crippen MR) is 79.9 cm³/mol. The summed E-state index contributed by atoms with van der Waals surface area (Å²) in [6.45, 7) is 10.0. The monoisotopic (exact) mass is 248 g/mol. The van der Waals surface area contributed by atoms with E-state index in [1.54, 1.807) is 0 Å². The van der Waals surface area contributed by atoms with E-state index in [0.717, 1.165) is 26.1 Å². The third kappa shape index (κ3) is 6.18. The van der Waals surface area contributed by atoms with Crippen LogP contribution in [0.3, 0.4) is 0 Å². The van der Waals surface area contributed by atoms with Crippen LogP contribution in [0.2, 0.25) is 0 Å². The minimum atomic E-state index is 0.363. The third-order valence-electron chi connectivity index (χ3n) is 2.88. The van der Waals surface area contributed by atoms with Crippen molar-refractivity contribution in [2.24, 2.45) is 5.41 Å². The quantitative estimate of drug-likeness (QED) is 0.832. The molecule has 1 rings (SSSR count). The minimum absolute atomic E-state index is 0.363. The number of rotatable bonds is 6. The first-order chi connectivity index (χ1) is 8.40. The Bertz CT molecular complexity index is 335. The molecule has 0 heterocycles. The van der Waals surface area contributed by atoms with Crippen molar-refractivity contribution in [2.75, 3.05) is 27.2 Å². The van der Waals surface area contributed by atoms with Crippen molar-refractivity contribution in [2.45, 2.75) is 33.7 Å². The molecule has 102 valence electrons. The number of hydrogen-bond acceptors (Lipinski definition) is 2. The molecule has 0 saturated carbocycles. The van der Waals surface area contributed by atoms with Gasteiger partial charge in [0.1, 0.15) is 0 Å². The van der Waals surface area contributed by atoms with Crippen LogP contribution in [0.5, 0.6) is 0 Å². The van der Waals surface area contributed by atoms with Gasteiger partial charge in [0.15, 0.2) is 0 Å². The van der Waals surface area contributed by atoms with Gasteiger partial charge in [-0.1, -0.05) is 45.0 Å².